The summed E-state index contributed by atoms with van der Waals surface area (Å²) in [5.74, 6) is -1.61. The maximum atomic E-state index is 13.8. The molecule has 1 aromatic rings. The molecule has 2 atom stereocenters. The van der Waals surface area contributed by atoms with Crippen molar-refractivity contribution in [2.45, 2.75) is 37.5 Å². The molecule has 0 spiro atoms. The van der Waals surface area contributed by atoms with Crippen LogP contribution in [-0.4, -0.2) is 22.4 Å². The first kappa shape index (κ1) is 12.0. The van der Waals surface area contributed by atoms with Crippen LogP contribution in [-0.2, 0) is 16.8 Å². The zero-order valence-electron chi connectivity index (χ0n) is 9.40. The first-order valence-corrected chi connectivity index (χ1v) is 5.73. The molecule has 0 aromatic heterocycles. The van der Waals surface area contributed by atoms with Gasteiger partial charge in [0.2, 0.25) is 6.17 Å². The molecular weight excluding hydrogens is 223 g/mol. The van der Waals surface area contributed by atoms with Crippen LogP contribution >= 0.6 is 0 Å². The Bertz CT molecular complexity index is 432. The second kappa shape index (κ2) is 4.45. The molecule has 0 amide bonds. The Morgan fingerprint density at radius 2 is 2.06 bits per heavy atom. The van der Waals surface area contributed by atoms with E-state index in [1.807, 2.05) is 12.1 Å². The highest BCUT2D eigenvalue weighted by Gasteiger charge is 2.45. The molecule has 0 radical (unpaired) electrons. The van der Waals surface area contributed by atoms with Crippen LogP contribution in [0.15, 0.2) is 24.3 Å². The van der Waals surface area contributed by atoms with Crippen LogP contribution in [0.1, 0.15) is 30.4 Å². The second-order valence-corrected chi connectivity index (χ2v) is 4.49. The molecule has 1 aliphatic carbocycles. The van der Waals surface area contributed by atoms with Gasteiger partial charge >= 0.3 is 5.97 Å². The van der Waals surface area contributed by atoms with E-state index >= 15 is 0 Å². The summed E-state index contributed by atoms with van der Waals surface area (Å²) in [5, 5.41) is 19.2. The van der Waals surface area contributed by atoms with Gasteiger partial charge in [-0.15, -0.1) is 0 Å². The topological polar surface area (TPSA) is 57.5 Å². The number of aliphatic hydroxyl groups is 1. The number of hydrogen-bond acceptors (Lipinski definition) is 2. The third-order valence-electron chi connectivity index (χ3n) is 3.37. The third-order valence-corrected chi connectivity index (χ3v) is 3.37. The van der Waals surface area contributed by atoms with E-state index in [1.165, 1.54) is 0 Å². The molecule has 0 bridgehead atoms. The molecule has 3 nitrogen and oxygen atoms in total. The summed E-state index contributed by atoms with van der Waals surface area (Å²) < 4.78 is 13.8. The maximum Gasteiger partial charge on any atom is 0.341 e. The lowest BCUT2D eigenvalue weighted by atomic mass is 9.84. The predicted molar refractivity (Wildman–Crippen MR) is 60.4 cm³/mol. The maximum absolute atomic E-state index is 13.8. The van der Waals surface area contributed by atoms with E-state index in [0.717, 1.165) is 18.4 Å². The Hall–Kier alpha value is -1.42. The van der Waals surface area contributed by atoms with Crippen molar-refractivity contribution in [2.75, 3.05) is 0 Å². The molecule has 0 heterocycles. The average Bonchev–Trinajstić information content (AvgIpc) is 2.49. The van der Waals surface area contributed by atoms with Crippen molar-refractivity contribution < 1.29 is 19.4 Å². The third kappa shape index (κ3) is 2.05. The van der Waals surface area contributed by atoms with Gasteiger partial charge in [0.05, 0.1) is 0 Å². The summed E-state index contributed by atoms with van der Waals surface area (Å²) in [6.07, 6.45) is 0.0917. The van der Waals surface area contributed by atoms with Crippen LogP contribution in [0.4, 0.5) is 4.39 Å². The molecular formula is C13H15FO3. The Balaban J connectivity index is 2.50. The number of carboxylic acids is 1. The van der Waals surface area contributed by atoms with Crippen LogP contribution < -0.4 is 0 Å². The number of benzene rings is 1. The van der Waals surface area contributed by atoms with Crippen molar-refractivity contribution in [3.05, 3.63) is 35.4 Å². The number of fused-ring (bicyclic) bond motifs is 1. The highest BCUT2D eigenvalue weighted by molar-refractivity contribution is 5.74. The molecule has 2 N–H and O–H groups in total. The van der Waals surface area contributed by atoms with Gasteiger partial charge in [0.25, 0.3) is 0 Å². The van der Waals surface area contributed by atoms with E-state index in [9.17, 15) is 14.3 Å². The molecule has 4 heteroatoms. The highest BCUT2D eigenvalue weighted by Crippen LogP contribution is 2.38. The summed E-state index contributed by atoms with van der Waals surface area (Å²) >= 11 is 0. The van der Waals surface area contributed by atoms with Crippen LogP contribution in [0.3, 0.4) is 0 Å². The number of aryl methyl sites for hydroxylation is 1. The van der Waals surface area contributed by atoms with Gasteiger partial charge < -0.3 is 10.2 Å². The van der Waals surface area contributed by atoms with E-state index < -0.39 is 17.7 Å². The lowest BCUT2D eigenvalue weighted by molar-refractivity contribution is -0.156. The van der Waals surface area contributed by atoms with Crippen LogP contribution in [0, 0.1) is 0 Å². The summed E-state index contributed by atoms with van der Waals surface area (Å²) in [5.41, 5.74) is -0.623. The molecule has 2 rings (SSSR count). The lowest BCUT2D eigenvalue weighted by Gasteiger charge is -2.29. The van der Waals surface area contributed by atoms with Gasteiger partial charge in [0.15, 0.2) is 0 Å². The molecule has 17 heavy (non-hydrogen) atoms. The number of halogens is 1. The Kier molecular flexibility index (Phi) is 3.15. The number of carboxylic acid groups (broad SMARTS) is 1. The quantitative estimate of drug-likeness (QED) is 0.775. The van der Waals surface area contributed by atoms with E-state index in [2.05, 4.69) is 0 Å². The monoisotopic (exact) mass is 238 g/mol. The van der Waals surface area contributed by atoms with Crippen LogP contribution in [0.25, 0.3) is 0 Å². The molecule has 0 fully saturated rings. The first-order chi connectivity index (χ1) is 8.05. The minimum atomic E-state index is -2.28. The molecule has 1 aliphatic rings. The first-order valence-electron chi connectivity index (χ1n) is 5.73. The Labute approximate surface area is 98.9 Å². The van der Waals surface area contributed by atoms with Gasteiger partial charge in [-0.3, -0.25) is 0 Å². The zero-order valence-corrected chi connectivity index (χ0v) is 9.40. The van der Waals surface area contributed by atoms with Crippen molar-refractivity contribution in [1.29, 1.82) is 0 Å². The summed E-state index contributed by atoms with van der Waals surface area (Å²) in [6, 6.07) is 6.96. The number of carbonyl (C=O) groups is 1. The molecule has 0 aliphatic heterocycles. The van der Waals surface area contributed by atoms with Crippen LogP contribution in [0.5, 0.6) is 0 Å². The van der Waals surface area contributed by atoms with Gasteiger partial charge in [-0.05, 0) is 36.8 Å². The molecule has 2 unspecified atom stereocenters. The van der Waals surface area contributed by atoms with Crippen molar-refractivity contribution in [3.63, 3.8) is 0 Å². The fourth-order valence-electron chi connectivity index (χ4n) is 2.47. The normalized spacial score (nSPS) is 25.8. The minimum Gasteiger partial charge on any atom is -0.479 e. The molecule has 1 aromatic carbocycles. The van der Waals surface area contributed by atoms with E-state index in [-0.39, 0.29) is 6.42 Å². The lowest BCUT2D eigenvalue weighted by Crippen LogP contribution is -2.42. The second-order valence-electron chi connectivity index (χ2n) is 4.49. The fourth-order valence-corrected chi connectivity index (χ4v) is 2.47. The summed E-state index contributed by atoms with van der Waals surface area (Å²) in [6.45, 7) is 0. The standard InChI is InChI=1S/C13H15FO3/c14-11(12(15)16)13(17)8-4-3-6-9-5-1-2-7-10(9)13/h1-2,5,7,11,17H,3-4,6,8H2,(H,15,16). The smallest absolute Gasteiger partial charge is 0.341 e. The van der Waals surface area contributed by atoms with Crippen molar-refractivity contribution in [3.8, 4) is 0 Å². The van der Waals surface area contributed by atoms with Gasteiger partial charge in [-0.1, -0.05) is 24.3 Å². The predicted octanol–water partition coefficient (Wildman–Crippen LogP) is 2.02. The van der Waals surface area contributed by atoms with Crippen molar-refractivity contribution in [1.82, 2.24) is 0 Å². The van der Waals surface area contributed by atoms with Gasteiger partial charge in [0, 0.05) is 0 Å². The fraction of sp³-hybridized carbons (Fsp3) is 0.462. The van der Waals surface area contributed by atoms with Gasteiger partial charge in [0.1, 0.15) is 5.60 Å². The number of alkyl halides is 1. The molecule has 92 valence electrons. The van der Waals surface area contributed by atoms with E-state index in [4.69, 9.17) is 5.11 Å². The van der Waals surface area contributed by atoms with E-state index in [0.29, 0.717) is 12.0 Å². The SMILES string of the molecule is O=C(O)C(F)C1(O)CCCCc2ccccc21. The zero-order chi connectivity index (χ0) is 12.5. The Morgan fingerprint density at radius 1 is 1.35 bits per heavy atom. The minimum absolute atomic E-state index is 0.150. The van der Waals surface area contributed by atoms with Gasteiger partial charge in [-0.2, -0.15) is 0 Å². The number of hydrogen-bond donors (Lipinski definition) is 2. The van der Waals surface area contributed by atoms with Crippen molar-refractivity contribution in [2.24, 2.45) is 0 Å². The molecule has 0 saturated carbocycles. The molecule has 0 saturated heterocycles. The highest BCUT2D eigenvalue weighted by atomic mass is 19.1. The number of aliphatic carboxylic acids is 1. The summed E-state index contributed by atoms with van der Waals surface area (Å²) in [4.78, 5) is 10.8. The van der Waals surface area contributed by atoms with Crippen molar-refractivity contribution >= 4 is 5.97 Å². The average molecular weight is 238 g/mol. The number of rotatable bonds is 2. The van der Waals surface area contributed by atoms with Crippen LogP contribution in [0.2, 0.25) is 0 Å². The summed E-state index contributed by atoms with van der Waals surface area (Å²) in [7, 11) is 0. The Morgan fingerprint density at radius 3 is 2.76 bits per heavy atom. The van der Waals surface area contributed by atoms with E-state index in [1.54, 1.807) is 12.1 Å². The largest absolute Gasteiger partial charge is 0.479 e. The van der Waals surface area contributed by atoms with Gasteiger partial charge in [-0.25, -0.2) is 9.18 Å².